The Hall–Kier alpha value is -2.71. The zero-order valence-electron chi connectivity index (χ0n) is 15.3. The molecular formula is C20H19N3O3S2. The lowest BCUT2D eigenvalue weighted by Crippen LogP contribution is -2.14. The molecule has 1 amide bonds. The first-order chi connectivity index (χ1) is 13.7. The number of benzene rings is 2. The molecule has 1 N–H and O–H groups in total. The minimum Gasteiger partial charge on any atom is -0.468 e. The van der Waals surface area contributed by atoms with Gasteiger partial charge in [0.15, 0.2) is 4.34 Å². The molecule has 28 heavy (non-hydrogen) atoms. The Morgan fingerprint density at radius 2 is 1.79 bits per heavy atom. The van der Waals surface area contributed by atoms with Crippen LogP contribution in [0.2, 0.25) is 0 Å². The summed E-state index contributed by atoms with van der Waals surface area (Å²) in [6.45, 7) is 0. The SMILES string of the molecule is COC(=O)CSc1nnc(NC(=O)c2ccccc2CCc2ccccc2)s1. The fourth-order valence-electron chi connectivity index (χ4n) is 2.55. The highest BCUT2D eigenvalue weighted by Crippen LogP contribution is 2.26. The molecule has 0 saturated heterocycles. The molecule has 3 aromatic rings. The number of thioether (sulfide) groups is 1. The number of methoxy groups -OCH3 is 1. The Morgan fingerprint density at radius 1 is 1.04 bits per heavy atom. The molecular weight excluding hydrogens is 394 g/mol. The normalized spacial score (nSPS) is 10.5. The second-order valence-corrected chi connectivity index (χ2v) is 8.03. The fraction of sp³-hybridized carbons (Fsp3) is 0.200. The van der Waals surface area contributed by atoms with Gasteiger partial charge in [-0.15, -0.1) is 10.2 Å². The van der Waals surface area contributed by atoms with Crippen LogP contribution in [-0.4, -0.2) is 34.9 Å². The monoisotopic (exact) mass is 413 g/mol. The van der Waals surface area contributed by atoms with Gasteiger partial charge in [0.1, 0.15) is 0 Å². The van der Waals surface area contributed by atoms with Crippen LogP contribution < -0.4 is 5.32 Å². The molecule has 0 unspecified atom stereocenters. The Kier molecular flexibility index (Phi) is 7.16. The molecule has 1 heterocycles. The van der Waals surface area contributed by atoms with Crippen LogP contribution >= 0.6 is 23.1 Å². The lowest BCUT2D eigenvalue weighted by molar-refractivity contribution is -0.137. The van der Waals surface area contributed by atoms with E-state index in [2.05, 4.69) is 32.4 Å². The predicted octanol–water partition coefficient (Wildman–Crippen LogP) is 3.84. The minimum atomic E-state index is -0.335. The average molecular weight is 414 g/mol. The van der Waals surface area contributed by atoms with Crippen LogP contribution in [0.15, 0.2) is 58.9 Å². The molecule has 0 aliphatic carbocycles. The molecule has 3 rings (SSSR count). The second kappa shape index (κ2) is 10.0. The van der Waals surface area contributed by atoms with Gasteiger partial charge < -0.3 is 4.74 Å². The highest BCUT2D eigenvalue weighted by atomic mass is 32.2. The van der Waals surface area contributed by atoms with Crippen molar-refractivity contribution >= 4 is 40.1 Å². The molecule has 0 aliphatic rings. The lowest BCUT2D eigenvalue weighted by atomic mass is 9.99. The lowest BCUT2D eigenvalue weighted by Gasteiger charge is -2.09. The molecule has 0 spiro atoms. The Balaban J connectivity index is 1.63. The van der Waals surface area contributed by atoms with Gasteiger partial charge in [0.2, 0.25) is 5.13 Å². The van der Waals surface area contributed by atoms with Crippen molar-refractivity contribution < 1.29 is 14.3 Å². The number of carbonyl (C=O) groups is 2. The first kappa shape index (κ1) is 20.0. The molecule has 0 radical (unpaired) electrons. The van der Waals surface area contributed by atoms with E-state index in [1.807, 2.05) is 42.5 Å². The maximum Gasteiger partial charge on any atom is 0.316 e. The highest BCUT2D eigenvalue weighted by molar-refractivity contribution is 8.01. The summed E-state index contributed by atoms with van der Waals surface area (Å²) in [6, 6.07) is 17.7. The maximum absolute atomic E-state index is 12.7. The van der Waals surface area contributed by atoms with Crippen LogP contribution in [0.25, 0.3) is 0 Å². The van der Waals surface area contributed by atoms with Crippen molar-refractivity contribution in [1.82, 2.24) is 10.2 Å². The second-order valence-electron chi connectivity index (χ2n) is 5.83. The minimum absolute atomic E-state index is 0.154. The molecule has 2 aromatic carbocycles. The quantitative estimate of drug-likeness (QED) is 0.343. The van der Waals surface area contributed by atoms with Crippen LogP contribution in [0.5, 0.6) is 0 Å². The number of nitrogens with one attached hydrogen (secondary N) is 1. The van der Waals surface area contributed by atoms with Gasteiger partial charge in [-0.25, -0.2) is 0 Å². The van der Waals surface area contributed by atoms with Crippen LogP contribution in [0, 0.1) is 0 Å². The number of rotatable bonds is 8. The smallest absolute Gasteiger partial charge is 0.316 e. The van der Waals surface area contributed by atoms with Crippen LogP contribution in [0.3, 0.4) is 0 Å². The number of anilines is 1. The standard InChI is InChI=1S/C20H19N3O3S2/c1-26-17(24)13-27-20-23-22-19(28-20)21-18(25)16-10-6-5-9-15(16)12-11-14-7-3-2-4-8-14/h2-10H,11-13H2,1H3,(H,21,22,25). The summed E-state index contributed by atoms with van der Waals surface area (Å²) < 4.78 is 5.19. The molecule has 0 fully saturated rings. The average Bonchev–Trinajstić information content (AvgIpc) is 3.18. The third kappa shape index (κ3) is 5.64. The number of esters is 1. The van der Waals surface area contributed by atoms with Gasteiger partial charge in [-0.1, -0.05) is 71.6 Å². The predicted molar refractivity (Wildman–Crippen MR) is 111 cm³/mol. The first-order valence-corrected chi connectivity index (χ1v) is 10.4. The summed E-state index contributed by atoms with van der Waals surface area (Å²) in [6.07, 6.45) is 1.63. The zero-order chi connectivity index (χ0) is 19.8. The van der Waals surface area contributed by atoms with E-state index in [1.165, 1.54) is 35.8 Å². The number of hydrogen-bond donors (Lipinski definition) is 1. The van der Waals surface area contributed by atoms with Crippen LogP contribution in [-0.2, 0) is 22.4 Å². The van der Waals surface area contributed by atoms with Gasteiger partial charge in [-0.05, 0) is 30.0 Å². The van der Waals surface area contributed by atoms with Crippen molar-refractivity contribution in [2.45, 2.75) is 17.2 Å². The molecule has 1 aromatic heterocycles. The number of ether oxygens (including phenoxy) is 1. The number of aromatic nitrogens is 2. The van der Waals surface area contributed by atoms with Gasteiger partial charge in [-0.2, -0.15) is 0 Å². The third-order valence-corrected chi connectivity index (χ3v) is 5.90. The molecule has 0 atom stereocenters. The van der Waals surface area contributed by atoms with E-state index >= 15 is 0 Å². The van der Waals surface area contributed by atoms with E-state index in [4.69, 9.17) is 0 Å². The van der Waals surface area contributed by atoms with Gasteiger partial charge in [0, 0.05) is 5.56 Å². The van der Waals surface area contributed by atoms with E-state index in [0.29, 0.717) is 15.0 Å². The maximum atomic E-state index is 12.7. The highest BCUT2D eigenvalue weighted by Gasteiger charge is 2.14. The van der Waals surface area contributed by atoms with E-state index in [1.54, 1.807) is 0 Å². The van der Waals surface area contributed by atoms with E-state index in [9.17, 15) is 9.59 Å². The van der Waals surface area contributed by atoms with Crippen molar-refractivity contribution in [3.8, 4) is 0 Å². The summed E-state index contributed by atoms with van der Waals surface area (Å²) in [7, 11) is 1.34. The molecule has 0 saturated carbocycles. The molecule has 0 aliphatic heterocycles. The van der Waals surface area contributed by atoms with Gasteiger partial charge in [0.25, 0.3) is 5.91 Å². The zero-order valence-corrected chi connectivity index (χ0v) is 16.9. The molecule has 0 bridgehead atoms. The van der Waals surface area contributed by atoms with E-state index in [-0.39, 0.29) is 17.6 Å². The number of amides is 1. The largest absolute Gasteiger partial charge is 0.468 e. The van der Waals surface area contributed by atoms with Crippen molar-refractivity contribution in [1.29, 1.82) is 0 Å². The van der Waals surface area contributed by atoms with E-state index < -0.39 is 0 Å². The summed E-state index contributed by atoms with van der Waals surface area (Å²) in [5, 5.41) is 11.1. The number of aryl methyl sites for hydroxylation is 2. The fourth-order valence-corrected chi connectivity index (χ4v) is 4.13. The van der Waals surface area contributed by atoms with Crippen molar-refractivity contribution in [3.63, 3.8) is 0 Å². The summed E-state index contributed by atoms with van der Waals surface area (Å²) in [4.78, 5) is 23.9. The number of carbonyl (C=O) groups excluding carboxylic acids is 2. The molecule has 6 nitrogen and oxygen atoms in total. The molecule has 144 valence electrons. The van der Waals surface area contributed by atoms with E-state index in [0.717, 1.165) is 18.4 Å². The van der Waals surface area contributed by atoms with Gasteiger partial charge in [-0.3, -0.25) is 14.9 Å². The van der Waals surface area contributed by atoms with Gasteiger partial charge in [0.05, 0.1) is 12.9 Å². The molecule has 8 heteroatoms. The van der Waals surface area contributed by atoms with Crippen molar-refractivity contribution in [2.75, 3.05) is 18.2 Å². The summed E-state index contributed by atoms with van der Waals surface area (Å²) in [5.74, 6) is -0.399. The van der Waals surface area contributed by atoms with Crippen molar-refractivity contribution in [2.24, 2.45) is 0 Å². The van der Waals surface area contributed by atoms with Crippen LogP contribution in [0.4, 0.5) is 5.13 Å². The van der Waals surface area contributed by atoms with Crippen LogP contribution in [0.1, 0.15) is 21.5 Å². The Bertz CT molecular complexity index is 945. The van der Waals surface area contributed by atoms with Gasteiger partial charge >= 0.3 is 5.97 Å². The summed E-state index contributed by atoms with van der Waals surface area (Å²) >= 11 is 2.45. The number of hydrogen-bond acceptors (Lipinski definition) is 7. The summed E-state index contributed by atoms with van der Waals surface area (Å²) in [5.41, 5.74) is 2.83. The first-order valence-electron chi connectivity index (χ1n) is 8.62. The Morgan fingerprint density at radius 3 is 2.57 bits per heavy atom. The van der Waals surface area contributed by atoms with Crippen molar-refractivity contribution in [3.05, 3.63) is 71.3 Å². The Labute approximate surface area is 171 Å². The third-order valence-electron chi connectivity index (χ3n) is 3.96. The number of nitrogens with zero attached hydrogens (tertiary/aromatic N) is 2. The topological polar surface area (TPSA) is 81.2 Å².